The topological polar surface area (TPSA) is 54.5 Å². The van der Waals surface area contributed by atoms with Gasteiger partial charge in [0.15, 0.2) is 0 Å². The predicted octanol–water partition coefficient (Wildman–Crippen LogP) is 1.62. The van der Waals surface area contributed by atoms with Crippen LogP contribution in [-0.4, -0.2) is 25.9 Å². The highest BCUT2D eigenvalue weighted by molar-refractivity contribution is 8.00. The Balaban J connectivity index is 2.73. The molecule has 10 heteroatoms. The van der Waals surface area contributed by atoms with Crippen LogP contribution in [0.1, 0.15) is 0 Å². The first-order valence-electron chi connectivity index (χ1n) is 6.39. The normalized spacial score (nSPS) is 13.2. The van der Waals surface area contributed by atoms with E-state index in [2.05, 4.69) is 0 Å². The van der Waals surface area contributed by atoms with E-state index in [0.717, 1.165) is 0 Å². The van der Waals surface area contributed by atoms with Gasteiger partial charge in [0.05, 0.1) is 0 Å². The Hall–Kier alpha value is -1.57. The summed E-state index contributed by atoms with van der Waals surface area (Å²) in [6.45, 7) is 0. The van der Waals surface area contributed by atoms with E-state index < -0.39 is 22.8 Å². The second-order valence-corrected chi connectivity index (χ2v) is 9.65. The molecule has 2 aromatic rings. The van der Waals surface area contributed by atoms with Crippen molar-refractivity contribution in [2.24, 2.45) is 0 Å². The monoisotopic (exact) mass is 361 g/mol. The first kappa shape index (κ1) is 17.8. The second-order valence-electron chi connectivity index (χ2n) is 4.63. The maximum atomic E-state index is 13.5. The molecule has 0 aliphatic carbocycles. The number of hydrogen-bond acceptors (Lipinski definition) is 3. The minimum Gasteiger partial charge on any atom is -0.296 e. The number of benzene rings is 2. The van der Waals surface area contributed by atoms with Crippen LogP contribution in [-0.2, 0) is 14.6 Å². The highest BCUT2D eigenvalue weighted by Crippen LogP contribution is 2.50. The molecule has 0 amide bonds. The van der Waals surface area contributed by atoms with E-state index in [-0.39, 0.29) is 14.6 Å². The van der Waals surface area contributed by atoms with Crippen LogP contribution >= 0.6 is 7.29 Å². The summed E-state index contributed by atoms with van der Waals surface area (Å²) in [5.74, 6) is 0. The number of hydrogen-bond donors (Lipinski definition) is 0. The van der Waals surface area contributed by atoms with E-state index >= 15 is 0 Å². The minimum atomic E-state index is -5.76. The Morgan fingerprint density at radius 2 is 1.22 bits per heavy atom. The predicted molar refractivity (Wildman–Crippen MR) is 85.1 cm³/mol. The summed E-state index contributed by atoms with van der Waals surface area (Å²) in [5.41, 5.74) is -5.54. The van der Waals surface area contributed by atoms with Gasteiger partial charge >= 0.3 is 15.5 Å². The average Bonchev–Trinajstić information content (AvgIpc) is 2.54. The van der Waals surface area contributed by atoms with Gasteiger partial charge < -0.3 is 0 Å². The summed E-state index contributed by atoms with van der Waals surface area (Å²) in [6, 6.07) is 14.5. The minimum absolute atomic E-state index is 0.00141. The molecule has 122 valence electrons. The van der Waals surface area contributed by atoms with Crippen molar-refractivity contribution in [3.05, 3.63) is 60.7 Å². The second kappa shape index (κ2) is 6.15. The fraction of sp³-hybridized carbons (Fsp3) is 0.0769. The van der Waals surface area contributed by atoms with Gasteiger partial charge in [0.25, 0.3) is 0 Å². The van der Waals surface area contributed by atoms with Crippen LogP contribution in [0.25, 0.3) is 0 Å². The SMILES string of the molecule is BN(P(=O)(c1ccccc1)c1ccccc1)S(=O)(=O)C(F)(F)F. The quantitative estimate of drug-likeness (QED) is 0.614. The molecule has 0 spiro atoms. The Labute approximate surface area is 132 Å². The van der Waals surface area contributed by atoms with Crippen molar-refractivity contribution in [2.45, 2.75) is 5.51 Å². The largest absolute Gasteiger partial charge is 0.511 e. The van der Waals surface area contributed by atoms with Crippen molar-refractivity contribution < 1.29 is 26.2 Å². The summed E-state index contributed by atoms with van der Waals surface area (Å²) in [7, 11) is -9.28. The van der Waals surface area contributed by atoms with Crippen LogP contribution < -0.4 is 10.6 Å². The molecule has 23 heavy (non-hydrogen) atoms. The molecule has 0 atom stereocenters. The van der Waals surface area contributed by atoms with Crippen LogP contribution in [0.15, 0.2) is 60.7 Å². The molecule has 0 radical (unpaired) electrons. The summed E-state index contributed by atoms with van der Waals surface area (Å²) in [6.07, 6.45) is 0. The lowest BCUT2D eigenvalue weighted by Crippen LogP contribution is -2.41. The van der Waals surface area contributed by atoms with Gasteiger partial charge in [-0.2, -0.15) is 17.2 Å². The molecule has 0 saturated carbocycles. The van der Waals surface area contributed by atoms with Crippen molar-refractivity contribution >= 4 is 35.9 Å². The van der Waals surface area contributed by atoms with Crippen LogP contribution in [0.3, 0.4) is 0 Å². The molecule has 0 aliphatic heterocycles. The number of alkyl halides is 3. The van der Waals surface area contributed by atoms with Crippen LogP contribution in [0.5, 0.6) is 0 Å². The van der Waals surface area contributed by atoms with E-state index in [1.165, 1.54) is 48.5 Å². The Bertz CT molecular complexity index is 785. The molecule has 0 bridgehead atoms. The Morgan fingerprint density at radius 3 is 1.52 bits per heavy atom. The van der Waals surface area contributed by atoms with E-state index in [1.54, 1.807) is 12.1 Å². The van der Waals surface area contributed by atoms with Crippen LogP contribution in [0.2, 0.25) is 0 Å². The third-order valence-corrected chi connectivity index (χ3v) is 8.65. The molecule has 0 aromatic heterocycles. The van der Waals surface area contributed by atoms with Gasteiger partial charge in [-0.3, -0.25) is 4.57 Å². The van der Waals surface area contributed by atoms with Gasteiger partial charge in [-0.1, -0.05) is 36.4 Å². The zero-order valence-electron chi connectivity index (χ0n) is 11.9. The highest BCUT2D eigenvalue weighted by atomic mass is 32.2. The average molecular weight is 361 g/mol. The number of halogens is 3. The van der Waals surface area contributed by atoms with Crippen molar-refractivity contribution in [1.29, 1.82) is 0 Å². The Kier molecular flexibility index (Phi) is 4.75. The van der Waals surface area contributed by atoms with Crippen molar-refractivity contribution in [3.63, 3.8) is 0 Å². The molecule has 0 N–H and O–H groups in total. The molecule has 2 rings (SSSR count). The standard InChI is InChI=1S/C13H12BF3NO3PS/c14-18(23(20,21)13(15,16)17)22(19,11-7-3-1-4-8-11)12-9-5-2-6-10-12/h1-10H,14H2. The lowest BCUT2D eigenvalue weighted by molar-refractivity contribution is -0.0456. The van der Waals surface area contributed by atoms with E-state index in [4.69, 9.17) is 0 Å². The molecule has 0 fully saturated rings. The summed E-state index contributed by atoms with van der Waals surface area (Å²) < 4.78 is 75.6. The summed E-state index contributed by atoms with van der Waals surface area (Å²) in [5, 5.41) is 0.00282. The zero-order valence-corrected chi connectivity index (χ0v) is 13.6. The smallest absolute Gasteiger partial charge is 0.296 e. The summed E-state index contributed by atoms with van der Waals surface area (Å²) >= 11 is 0. The maximum absolute atomic E-state index is 13.5. The molecule has 0 heterocycles. The van der Waals surface area contributed by atoms with Crippen molar-refractivity contribution in [2.75, 3.05) is 0 Å². The molecular formula is C13H12BF3NO3PS. The fourth-order valence-electron chi connectivity index (χ4n) is 2.04. The lowest BCUT2D eigenvalue weighted by atomic mass is 10.4. The first-order valence-corrected chi connectivity index (χ1v) is 9.48. The van der Waals surface area contributed by atoms with Gasteiger partial charge in [0, 0.05) is 10.6 Å². The number of sulfonamides is 1. The third-order valence-electron chi connectivity index (χ3n) is 3.25. The number of rotatable bonds is 4. The molecule has 0 unspecified atom stereocenters. The highest BCUT2D eigenvalue weighted by Gasteiger charge is 2.53. The molecule has 0 saturated heterocycles. The van der Waals surface area contributed by atoms with Crippen LogP contribution in [0, 0.1) is 0 Å². The van der Waals surface area contributed by atoms with Gasteiger partial charge in [-0.05, 0) is 24.3 Å². The zero-order chi connectivity index (χ0) is 17.3. The van der Waals surface area contributed by atoms with Gasteiger partial charge in [-0.15, -0.1) is 0 Å². The van der Waals surface area contributed by atoms with Crippen molar-refractivity contribution in [3.8, 4) is 0 Å². The molecular weight excluding hydrogens is 349 g/mol. The van der Waals surface area contributed by atoms with Crippen molar-refractivity contribution in [1.82, 2.24) is 3.99 Å². The van der Waals surface area contributed by atoms with E-state index in [1.807, 2.05) is 0 Å². The van der Waals surface area contributed by atoms with Gasteiger partial charge in [-0.25, -0.2) is 8.42 Å². The van der Waals surface area contributed by atoms with E-state index in [0.29, 0.717) is 7.98 Å². The van der Waals surface area contributed by atoms with Crippen LogP contribution in [0.4, 0.5) is 13.2 Å². The maximum Gasteiger partial charge on any atom is 0.511 e. The van der Waals surface area contributed by atoms with Gasteiger partial charge in [0.2, 0.25) is 15.3 Å². The molecule has 2 aromatic carbocycles. The van der Waals surface area contributed by atoms with Gasteiger partial charge in [0.1, 0.15) is 0 Å². The van der Waals surface area contributed by atoms with E-state index in [9.17, 15) is 26.2 Å². The first-order chi connectivity index (χ1) is 10.6. The molecule has 0 aliphatic rings. The third kappa shape index (κ3) is 3.09. The summed E-state index contributed by atoms with van der Waals surface area (Å²) in [4.78, 5) is 0. The lowest BCUT2D eigenvalue weighted by Gasteiger charge is -2.29. The fourth-order valence-corrected chi connectivity index (χ4v) is 6.49. The number of nitrogens with zero attached hydrogens (tertiary/aromatic N) is 1. The Morgan fingerprint density at radius 1 is 0.870 bits per heavy atom. The molecule has 4 nitrogen and oxygen atoms in total.